The summed E-state index contributed by atoms with van der Waals surface area (Å²) < 4.78 is 3.88. The molecule has 1 N–H and O–H groups in total. The van der Waals surface area contributed by atoms with Crippen LogP contribution in [0.2, 0.25) is 0 Å². The Morgan fingerprint density at radius 1 is 1.08 bits per heavy atom. The van der Waals surface area contributed by atoms with Crippen molar-refractivity contribution in [3.05, 3.63) is 61.4 Å². The van der Waals surface area contributed by atoms with E-state index in [-0.39, 0.29) is 6.03 Å². The number of amides is 2. The first-order valence-electron chi connectivity index (χ1n) is 8.44. The van der Waals surface area contributed by atoms with Gasteiger partial charge in [0.05, 0.1) is 17.7 Å². The third-order valence-corrected chi connectivity index (χ3v) is 4.60. The molecular formula is C18H20N6O. The van der Waals surface area contributed by atoms with Crippen molar-refractivity contribution in [3.8, 4) is 5.69 Å². The fourth-order valence-electron chi connectivity index (χ4n) is 3.24. The lowest BCUT2D eigenvalue weighted by molar-refractivity contribution is 0.183. The normalized spacial score (nSPS) is 15.3. The number of aromatic nitrogens is 4. The lowest BCUT2D eigenvalue weighted by Crippen LogP contribution is -2.41. The monoisotopic (exact) mass is 336 g/mol. The summed E-state index contributed by atoms with van der Waals surface area (Å²) in [7, 11) is 0. The zero-order valence-electron chi connectivity index (χ0n) is 13.8. The van der Waals surface area contributed by atoms with Crippen molar-refractivity contribution in [1.82, 2.24) is 24.2 Å². The predicted molar refractivity (Wildman–Crippen MR) is 94.7 cm³/mol. The van der Waals surface area contributed by atoms with Gasteiger partial charge in [0.25, 0.3) is 0 Å². The number of piperidine rings is 1. The molecule has 0 atom stereocenters. The Morgan fingerprint density at radius 2 is 1.92 bits per heavy atom. The highest BCUT2D eigenvalue weighted by Crippen LogP contribution is 2.24. The molecule has 0 radical (unpaired) electrons. The molecule has 1 aliphatic rings. The number of para-hydroxylation sites is 2. The minimum Gasteiger partial charge on any atom is -0.334 e. The van der Waals surface area contributed by atoms with Gasteiger partial charge in [-0.3, -0.25) is 0 Å². The molecule has 0 aliphatic carbocycles. The third-order valence-electron chi connectivity index (χ3n) is 4.60. The molecule has 1 fully saturated rings. The maximum atomic E-state index is 12.6. The third kappa shape index (κ3) is 3.26. The van der Waals surface area contributed by atoms with Crippen molar-refractivity contribution in [2.45, 2.75) is 18.9 Å². The maximum absolute atomic E-state index is 12.6. The smallest absolute Gasteiger partial charge is 0.321 e. The van der Waals surface area contributed by atoms with Crippen LogP contribution in [0.15, 0.2) is 61.4 Å². The number of nitrogens with one attached hydrogen (secondary N) is 1. The second kappa shape index (κ2) is 6.80. The molecule has 1 aromatic carbocycles. The number of carbonyl (C=O) groups is 1. The average molecular weight is 336 g/mol. The van der Waals surface area contributed by atoms with Crippen LogP contribution in [0.3, 0.4) is 0 Å². The number of anilines is 1. The fraction of sp³-hybridized carbons (Fsp3) is 0.278. The van der Waals surface area contributed by atoms with Gasteiger partial charge in [-0.25, -0.2) is 14.5 Å². The molecule has 128 valence electrons. The summed E-state index contributed by atoms with van der Waals surface area (Å²) in [6.45, 7) is 1.47. The van der Waals surface area contributed by atoms with Gasteiger partial charge in [0.1, 0.15) is 0 Å². The topological polar surface area (TPSA) is 68.0 Å². The van der Waals surface area contributed by atoms with Crippen LogP contribution in [0, 0.1) is 0 Å². The van der Waals surface area contributed by atoms with Gasteiger partial charge in [0.2, 0.25) is 0 Å². The van der Waals surface area contributed by atoms with Crippen LogP contribution in [0.25, 0.3) is 5.69 Å². The van der Waals surface area contributed by atoms with Crippen molar-refractivity contribution in [2.24, 2.45) is 0 Å². The standard InChI is InChI=1S/C18H20N6O/c25-18(22-11-6-15(7-12-22)23-13-9-19-14-23)21-16-4-1-2-5-17(16)24-10-3-8-20-24/h1-5,8-10,13-15H,6-7,11-12H2,(H,21,25). The van der Waals surface area contributed by atoms with Crippen LogP contribution in [0.1, 0.15) is 18.9 Å². The highest BCUT2D eigenvalue weighted by Gasteiger charge is 2.24. The van der Waals surface area contributed by atoms with Crippen molar-refractivity contribution < 1.29 is 4.79 Å². The van der Waals surface area contributed by atoms with Gasteiger partial charge in [-0.2, -0.15) is 5.10 Å². The first-order valence-corrected chi connectivity index (χ1v) is 8.44. The van der Waals surface area contributed by atoms with Crippen LogP contribution in [0.4, 0.5) is 10.5 Å². The summed E-state index contributed by atoms with van der Waals surface area (Å²) in [6, 6.07) is 9.89. The van der Waals surface area contributed by atoms with Crippen molar-refractivity contribution in [1.29, 1.82) is 0 Å². The Hall–Kier alpha value is -3.09. The van der Waals surface area contributed by atoms with Gasteiger partial charge in [-0.15, -0.1) is 0 Å². The second-order valence-corrected chi connectivity index (χ2v) is 6.13. The Bertz CT molecular complexity index is 819. The summed E-state index contributed by atoms with van der Waals surface area (Å²) in [5, 5.41) is 7.27. The fourth-order valence-corrected chi connectivity index (χ4v) is 3.24. The number of hydrogen-bond donors (Lipinski definition) is 1. The number of rotatable bonds is 3. The Kier molecular flexibility index (Phi) is 4.20. The van der Waals surface area contributed by atoms with Crippen LogP contribution in [-0.2, 0) is 0 Å². The lowest BCUT2D eigenvalue weighted by Gasteiger charge is -2.32. The molecule has 25 heavy (non-hydrogen) atoms. The SMILES string of the molecule is O=C(Nc1ccccc1-n1cccn1)N1CCC(n2ccnc2)CC1. The molecule has 3 heterocycles. The molecule has 7 nitrogen and oxygen atoms in total. The van der Waals surface area contributed by atoms with E-state index in [1.165, 1.54) is 0 Å². The van der Waals surface area contributed by atoms with E-state index >= 15 is 0 Å². The molecule has 0 unspecified atom stereocenters. The van der Waals surface area contributed by atoms with E-state index in [4.69, 9.17) is 0 Å². The molecule has 7 heteroatoms. The average Bonchev–Trinajstić information content (AvgIpc) is 3.36. The van der Waals surface area contributed by atoms with E-state index < -0.39 is 0 Å². The van der Waals surface area contributed by atoms with Gasteiger partial charge in [-0.1, -0.05) is 12.1 Å². The molecule has 2 aromatic heterocycles. The van der Waals surface area contributed by atoms with Crippen molar-refractivity contribution in [3.63, 3.8) is 0 Å². The van der Waals surface area contributed by atoms with E-state index in [2.05, 4.69) is 20.0 Å². The molecule has 0 saturated carbocycles. The van der Waals surface area contributed by atoms with Gasteiger partial charge in [0.15, 0.2) is 0 Å². The van der Waals surface area contributed by atoms with Gasteiger partial charge in [-0.05, 0) is 31.0 Å². The molecular weight excluding hydrogens is 316 g/mol. The van der Waals surface area contributed by atoms with E-state index in [0.29, 0.717) is 6.04 Å². The minimum absolute atomic E-state index is 0.0660. The van der Waals surface area contributed by atoms with E-state index in [1.807, 2.05) is 54.0 Å². The van der Waals surface area contributed by atoms with E-state index in [9.17, 15) is 4.79 Å². The summed E-state index contributed by atoms with van der Waals surface area (Å²) in [5.74, 6) is 0. The molecule has 0 bridgehead atoms. The molecule has 1 aliphatic heterocycles. The predicted octanol–water partition coefficient (Wildman–Crippen LogP) is 2.94. The van der Waals surface area contributed by atoms with Crippen molar-refractivity contribution in [2.75, 3.05) is 18.4 Å². The highest BCUT2D eigenvalue weighted by molar-refractivity contribution is 5.91. The van der Waals surface area contributed by atoms with Crippen LogP contribution < -0.4 is 5.32 Å². The Morgan fingerprint density at radius 3 is 2.64 bits per heavy atom. The molecule has 3 aromatic rings. The first-order chi connectivity index (χ1) is 12.3. The summed E-state index contributed by atoms with van der Waals surface area (Å²) in [6.07, 6.45) is 11.1. The first kappa shape index (κ1) is 15.4. The van der Waals surface area contributed by atoms with Crippen LogP contribution >= 0.6 is 0 Å². The van der Waals surface area contributed by atoms with Gasteiger partial charge < -0.3 is 14.8 Å². The summed E-state index contributed by atoms with van der Waals surface area (Å²) >= 11 is 0. The van der Waals surface area contributed by atoms with Gasteiger partial charge >= 0.3 is 6.03 Å². The van der Waals surface area contributed by atoms with E-state index in [1.54, 1.807) is 17.1 Å². The van der Waals surface area contributed by atoms with Crippen LogP contribution in [0.5, 0.6) is 0 Å². The quantitative estimate of drug-likeness (QED) is 0.799. The number of nitrogens with zero attached hydrogens (tertiary/aromatic N) is 5. The zero-order valence-corrected chi connectivity index (χ0v) is 13.8. The number of hydrogen-bond acceptors (Lipinski definition) is 3. The Balaban J connectivity index is 1.42. The summed E-state index contributed by atoms with van der Waals surface area (Å²) in [5.41, 5.74) is 1.61. The minimum atomic E-state index is -0.0660. The molecule has 2 amide bonds. The zero-order chi connectivity index (χ0) is 17.1. The van der Waals surface area contributed by atoms with Gasteiger partial charge in [0, 0.05) is 43.9 Å². The Labute approximate surface area is 145 Å². The number of urea groups is 1. The van der Waals surface area contributed by atoms with E-state index in [0.717, 1.165) is 37.3 Å². The molecule has 0 spiro atoms. The highest BCUT2D eigenvalue weighted by atomic mass is 16.2. The number of imidazole rings is 1. The summed E-state index contributed by atoms with van der Waals surface area (Å²) in [4.78, 5) is 18.6. The number of benzene rings is 1. The van der Waals surface area contributed by atoms with Crippen LogP contribution in [-0.4, -0.2) is 43.4 Å². The van der Waals surface area contributed by atoms with Crippen molar-refractivity contribution >= 4 is 11.7 Å². The number of carbonyl (C=O) groups excluding carboxylic acids is 1. The lowest BCUT2D eigenvalue weighted by atomic mass is 10.1. The molecule has 4 rings (SSSR count). The molecule has 1 saturated heterocycles. The second-order valence-electron chi connectivity index (χ2n) is 6.13. The largest absolute Gasteiger partial charge is 0.334 e. The maximum Gasteiger partial charge on any atom is 0.321 e. The number of likely N-dealkylation sites (tertiary alicyclic amines) is 1.